The Labute approximate surface area is 103 Å². The molecule has 0 fully saturated rings. The van der Waals surface area contributed by atoms with Crippen LogP contribution >= 0.6 is 0 Å². The van der Waals surface area contributed by atoms with Gasteiger partial charge in [-0.1, -0.05) is 6.07 Å². The lowest BCUT2D eigenvalue weighted by atomic mass is 10.2. The van der Waals surface area contributed by atoms with Crippen molar-refractivity contribution in [2.45, 2.75) is 0 Å². The summed E-state index contributed by atoms with van der Waals surface area (Å²) in [6, 6.07) is 4.67. The van der Waals surface area contributed by atoms with E-state index in [2.05, 4.69) is 0 Å². The van der Waals surface area contributed by atoms with Gasteiger partial charge in [0, 0.05) is 6.08 Å². The van der Waals surface area contributed by atoms with E-state index >= 15 is 0 Å². The number of hydrogen-bond donors (Lipinski definition) is 2. The number of benzene rings is 1. The van der Waals surface area contributed by atoms with Crippen LogP contribution in [0.25, 0.3) is 6.08 Å². The van der Waals surface area contributed by atoms with Crippen LogP contribution in [0.5, 0.6) is 11.5 Å². The van der Waals surface area contributed by atoms with Crippen LogP contribution in [0.3, 0.4) is 0 Å². The standard InChI is InChI=1S/C12H12O6/c1-17-10-6-8(3-5-11(13)14)2-4-9(10)18-7-12(15)16/h2-6H,7H2,1H3,(H,13,14)(H,15,16)/b5-3-. The number of ether oxygens (including phenoxy) is 2. The fraction of sp³-hybridized carbons (Fsp3) is 0.167. The molecule has 0 spiro atoms. The van der Waals surface area contributed by atoms with E-state index in [4.69, 9.17) is 19.7 Å². The molecule has 1 rings (SSSR count). The Hall–Kier alpha value is -2.50. The van der Waals surface area contributed by atoms with Crippen molar-refractivity contribution in [3.8, 4) is 11.5 Å². The maximum Gasteiger partial charge on any atom is 0.341 e. The van der Waals surface area contributed by atoms with Crippen molar-refractivity contribution in [3.63, 3.8) is 0 Å². The molecule has 6 heteroatoms. The highest BCUT2D eigenvalue weighted by molar-refractivity contribution is 5.85. The molecule has 0 aliphatic carbocycles. The van der Waals surface area contributed by atoms with Gasteiger partial charge in [0.15, 0.2) is 18.1 Å². The summed E-state index contributed by atoms with van der Waals surface area (Å²) >= 11 is 0. The Kier molecular flexibility index (Phi) is 4.74. The minimum atomic E-state index is -1.09. The first-order valence-electron chi connectivity index (χ1n) is 4.96. The molecule has 1 aromatic rings. The summed E-state index contributed by atoms with van der Waals surface area (Å²) in [6.07, 6.45) is 2.39. The highest BCUT2D eigenvalue weighted by Gasteiger charge is 2.06. The summed E-state index contributed by atoms with van der Waals surface area (Å²) < 4.78 is 10.0. The highest BCUT2D eigenvalue weighted by atomic mass is 16.5. The average molecular weight is 252 g/mol. The Morgan fingerprint density at radius 3 is 2.56 bits per heavy atom. The molecule has 0 heterocycles. The Bertz CT molecular complexity index is 477. The molecule has 0 aliphatic heterocycles. The lowest BCUT2D eigenvalue weighted by molar-refractivity contribution is -0.139. The van der Waals surface area contributed by atoms with E-state index in [1.807, 2.05) is 0 Å². The van der Waals surface area contributed by atoms with Crippen molar-refractivity contribution in [1.29, 1.82) is 0 Å². The van der Waals surface area contributed by atoms with Crippen LogP contribution in [0.4, 0.5) is 0 Å². The van der Waals surface area contributed by atoms with Crippen LogP contribution in [-0.2, 0) is 9.59 Å². The monoisotopic (exact) mass is 252 g/mol. The predicted molar refractivity (Wildman–Crippen MR) is 62.8 cm³/mol. The zero-order chi connectivity index (χ0) is 13.5. The molecule has 0 aliphatic rings. The second kappa shape index (κ2) is 6.29. The number of aliphatic carboxylic acids is 2. The second-order valence-electron chi connectivity index (χ2n) is 3.26. The molecule has 0 bridgehead atoms. The third-order valence-electron chi connectivity index (χ3n) is 1.96. The molecule has 1 aromatic carbocycles. The Morgan fingerprint density at radius 2 is 2.00 bits per heavy atom. The molecule has 0 radical (unpaired) electrons. The number of methoxy groups -OCH3 is 1. The smallest absolute Gasteiger partial charge is 0.341 e. The van der Waals surface area contributed by atoms with E-state index in [1.165, 1.54) is 19.3 Å². The Balaban J connectivity index is 2.89. The molecule has 0 unspecified atom stereocenters. The lowest BCUT2D eigenvalue weighted by Gasteiger charge is -2.09. The number of hydrogen-bond acceptors (Lipinski definition) is 4. The number of rotatable bonds is 6. The first-order valence-corrected chi connectivity index (χ1v) is 4.96. The molecule has 2 N–H and O–H groups in total. The highest BCUT2D eigenvalue weighted by Crippen LogP contribution is 2.28. The van der Waals surface area contributed by atoms with E-state index in [-0.39, 0.29) is 5.75 Å². The minimum Gasteiger partial charge on any atom is -0.493 e. The maximum absolute atomic E-state index is 10.4. The minimum absolute atomic E-state index is 0.285. The number of carboxylic acids is 2. The molecule has 6 nitrogen and oxygen atoms in total. The molecule has 0 atom stereocenters. The lowest BCUT2D eigenvalue weighted by Crippen LogP contribution is -2.10. The van der Waals surface area contributed by atoms with E-state index in [1.54, 1.807) is 12.1 Å². The van der Waals surface area contributed by atoms with Gasteiger partial charge in [-0.2, -0.15) is 0 Å². The van der Waals surface area contributed by atoms with Crippen molar-refractivity contribution < 1.29 is 29.3 Å². The second-order valence-corrected chi connectivity index (χ2v) is 3.26. The van der Waals surface area contributed by atoms with Crippen molar-refractivity contribution in [3.05, 3.63) is 29.8 Å². The molecule has 0 aromatic heterocycles. The van der Waals surface area contributed by atoms with Gasteiger partial charge < -0.3 is 19.7 Å². The SMILES string of the molecule is COc1cc(/C=C\C(=O)O)ccc1OCC(=O)O. The van der Waals surface area contributed by atoms with Crippen molar-refractivity contribution >= 4 is 18.0 Å². The quantitative estimate of drug-likeness (QED) is 0.740. The summed E-state index contributed by atoms with van der Waals surface area (Å²) in [5.74, 6) is -1.52. The summed E-state index contributed by atoms with van der Waals surface area (Å²) in [4.78, 5) is 20.7. The Morgan fingerprint density at radius 1 is 1.28 bits per heavy atom. The zero-order valence-electron chi connectivity index (χ0n) is 9.62. The van der Waals surface area contributed by atoms with Crippen LogP contribution < -0.4 is 9.47 Å². The zero-order valence-corrected chi connectivity index (χ0v) is 9.62. The summed E-state index contributed by atoms with van der Waals surface area (Å²) in [5.41, 5.74) is 0.608. The van der Waals surface area contributed by atoms with Gasteiger partial charge in [-0.15, -0.1) is 0 Å². The summed E-state index contributed by atoms with van der Waals surface area (Å²) in [7, 11) is 1.41. The molecule has 18 heavy (non-hydrogen) atoms. The largest absolute Gasteiger partial charge is 0.493 e. The van der Waals surface area contributed by atoms with Gasteiger partial charge in [-0.25, -0.2) is 9.59 Å². The van der Waals surface area contributed by atoms with Crippen LogP contribution in [0.2, 0.25) is 0 Å². The number of carboxylic acid groups (broad SMARTS) is 2. The van der Waals surface area contributed by atoms with E-state index in [0.717, 1.165) is 6.08 Å². The topological polar surface area (TPSA) is 93.1 Å². The molecule has 96 valence electrons. The van der Waals surface area contributed by atoms with E-state index in [9.17, 15) is 9.59 Å². The van der Waals surface area contributed by atoms with Crippen LogP contribution in [-0.4, -0.2) is 35.9 Å². The van der Waals surface area contributed by atoms with Gasteiger partial charge in [-0.05, 0) is 23.8 Å². The summed E-state index contributed by atoms with van der Waals surface area (Å²) in [6.45, 7) is -0.472. The fourth-order valence-corrected chi connectivity index (χ4v) is 1.21. The molecule has 0 saturated carbocycles. The van der Waals surface area contributed by atoms with E-state index in [0.29, 0.717) is 11.3 Å². The van der Waals surface area contributed by atoms with Crippen LogP contribution in [0.15, 0.2) is 24.3 Å². The molecule has 0 amide bonds. The van der Waals surface area contributed by atoms with Crippen molar-refractivity contribution in [2.75, 3.05) is 13.7 Å². The fourth-order valence-electron chi connectivity index (χ4n) is 1.21. The molecule has 0 saturated heterocycles. The van der Waals surface area contributed by atoms with Gasteiger partial charge >= 0.3 is 11.9 Å². The van der Waals surface area contributed by atoms with Gasteiger partial charge in [0.1, 0.15) is 0 Å². The average Bonchev–Trinajstić information content (AvgIpc) is 2.34. The van der Waals surface area contributed by atoms with Gasteiger partial charge in [0.2, 0.25) is 0 Å². The van der Waals surface area contributed by atoms with Gasteiger partial charge in [0.25, 0.3) is 0 Å². The van der Waals surface area contributed by atoms with Gasteiger partial charge in [0.05, 0.1) is 7.11 Å². The predicted octanol–water partition coefficient (Wildman–Crippen LogP) is 1.26. The van der Waals surface area contributed by atoms with E-state index < -0.39 is 18.5 Å². The molecular weight excluding hydrogens is 240 g/mol. The maximum atomic E-state index is 10.4. The first kappa shape index (κ1) is 13.6. The van der Waals surface area contributed by atoms with Gasteiger partial charge in [-0.3, -0.25) is 0 Å². The number of carbonyl (C=O) groups is 2. The van der Waals surface area contributed by atoms with Crippen molar-refractivity contribution in [1.82, 2.24) is 0 Å². The molecular formula is C12H12O6. The van der Waals surface area contributed by atoms with Crippen LogP contribution in [0.1, 0.15) is 5.56 Å². The summed E-state index contributed by atoms with van der Waals surface area (Å²) in [5, 5.41) is 17.0. The van der Waals surface area contributed by atoms with Crippen molar-refractivity contribution in [2.24, 2.45) is 0 Å². The normalized spacial score (nSPS) is 10.3. The first-order chi connectivity index (χ1) is 8.52. The van der Waals surface area contributed by atoms with Crippen LogP contribution in [0, 0.1) is 0 Å². The third-order valence-corrected chi connectivity index (χ3v) is 1.96. The third kappa shape index (κ3) is 4.17.